The van der Waals surface area contributed by atoms with Gasteiger partial charge >= 0.3 is 6.03 Å². The van der Waals surface area contributed by atoms with E-state index in [9.17, 15) is 9.59 Å². The molecule has 0 bridgehead atoms. The molecule has 154 valence electrons. The lowest BCUT2D eigenvalue weighted by molar-refractivity contribution is 0.0216. The van der Waals surface area contributed by atoms with Crippen LogP contribution in [0.4, 0.5) is 9.80 Å². The Morgan fingerprint density at radius 3 is 2.59 bits per heavy atom. The van der Waals surface area contributed by atoms with Crippen LogP contribution in [0.5, 0.6) is 0 Å². The summed E-state index contributed by atoms with van der Waals surface area (Å²) < 4.78 is 5.41. The van der Waals surface area contributed by atoms with Crippen molar-refractivity contribution in [3.8, 4) is 10.4 Å². The number of rotatable bonds is 7. The summed E-state index contributed by atoms with van der Waals surface area (Å²) in [5.74, 6) is -0.648. The minimum absolute atomic E-state index is 0.201. The average Bonchev–Trinajstić information content (AvgIpc) is 3.12. The summed E-state index contributed by atoms with van der Waals surface area (Å²) >= 11 is 1.21. The molecule has 8 nitrogen and oxygen atoms in total. The van der Waals surface area contributed by atoms with Crippen LogP contribution >= 0.6 is 11.3 Å². The molecule has 29 heavy (non-hydrogen) atoms. The van der Waals surface area contributed by atoms with E-state index in [0.717, 1.165) is 42.3 Å². The van der Waals surface area contributed by atoms with Gasteiger partial charge in [-0.3, -0.25) is 15.0 Å². The van der Waals surface area contributed by atoms with Crippen LogP contribution in [0.1, 0.15) is 29.3 Å². The number of primary amides is 2. The molecular formula is C20H25N5O3S. The molecule has 0 aliphatic carbocycles. The zero-order valence-corrected chi connectivity index (χ0v) is 17.1. The third-order valence-corrected chi connectivity index (χ3v) is 6.00. The Balaban J connectivity index is 1.87. The number of amides is 3. The number of morpholine rings is 1. The summed E-state index contributed by atoms with van der Waals surface area (Å²) in [6.07, 6.45) is 0.595. The zero-order valence-electron chi connectivity index (χ0n) is 16.2. The minimum atomic E-state index is -0.763. The minimum Gasteiger partial charge on any atom is -0.379 e. The standard InChI is InChI=1S/C20H25N5O3S/c1-12(25-6-8-28-9-7-25)10-16(21)13-4-2-3-5-14(13)17-11-15(18(22)26)19(29-17)24-20(23)27/h2-5,11-12,21H,6-10H2,1H3,(H2,22,26)(H3,23,24,27). The van der Waals surface area contributed by atoms with E-state index in [-0.39, 0.29) is 11.6 Å². The third-order valence-electron chi connectivity index (χ3n) is 4.92. The molecule has 9 heteroatoms. The van der Waals surface area contributed by atoms with Gasteiger partial charge in [-0.15, -0.1) is 11.3 Å². The Hall–Kier alpha value is -2.75. The number of hydrogen-bond donors (Lipinski definition) is 4. The molecule has 0 saturated carbocycles. The van der Waals surface area contributed by atoms with E-state index in [1.165, 1.54) is 11.3 Å². The van der Waals surface area contributed by atoms with Crippen molar-refractivity contribution in [1.29, 1.82) is 5.41 Å². The molecule has 1 unspecified atom stereocenters. The number of hydrogen-bond acceptors (Lipinski definition) is 6. The number of nitrogens with one attached hydrogen (secondary N) is 2. The Bertz CT molecular complexity index is 921. The molecule has 1 atom stereocenters. The predicted octanol–water partition coefficient (Wildman–Crippen LogP) is 2.48. The van der Waals surface area contributed by atoms with Crippen molar-refractivity contribution in [2.45, 2.75) is 19.4 Å². The van der Waals surface area contributed by atoms with Crippen molar-refractivity contribution in [3.05, 3.63) is 41.5 Å². The van der Waals surface area contributed by atoms with Crippen LogP contribution < -0.4 is 16.8 Å². The second-order valence-electron chi connectivity index (χ2n) is 6.93. The number of thiophene rings is 1. The number of urea groups is 1. The van der Waals surface area contributed by atoms with Crippen LogP contribution in [0.25, 0.3) is 10.4 Å². The second kappa shape index (κ2) is 9.17. The van der Waals surface area contributed by atoms with Gasteiger partial charge in [-0.2, -0.15) is 0 Å². The van der Waals surface area contributed by atoms with Gasteiger partial charge in [0.25, 0.3) is 5.91 Å². The lowest BCUT2D eigenvalue weighted by atomic mass is 9.96. The molecule has 2 heterocycles. The van der Waals surface area contributed by atoms with Crippen molar-refractivity contribution in [2.75, 3.05) is 31.6 Å². The van der Waals surface area contributed by atoms with Crippen molar-refractivity contribution in [3.63, 3.8) is 0 Å². The molecule has 1 aromatic carbocycles. The molecule has 2 aromatic rings. The topological polar surface area (TPSA) is 135 Å². The van der Waals surface area contributed by atoms with Crippen LogP contribution in [0.3, 0.4) is 0 Å². The Morgan fingerprint density at radius 2 is 1.93 bits per heavy atom. The smallest absolute Gasteiger partial charge is 0.317 e. The van der Waals surface area contributed by atoms with Gasteiger partial charge in [0, 0.05) is 47.3 Å². The average molecular weight is 416 g/mol. The summed E-state index contributed by atoms with van der Waals surface area (Å²) in [6, 6.07) is 8.65. The monoisotopic (exact) mass is 415 g/mol. The molecular weight excluding hydrogens is 390 g/mol. The largest absolute Gasteiger partial charge is 0.379 e. The number of carbonyl (C=O) groups is 2. The van der Waals surface area contributed by atoms with Crippen molar-refractivity contribution >= 4 is 34.0 Å². The molecule has 1 aliphatic heterocycles. The lowest BCUT2D eigenvalue weighted by Gasteiger charge is -2.32. The van der Waals surface area contributed by atoms with E-state index in [1.807, 2.05) is 24.3 Å². The van der Waals surface area contributed by atoms with Gasteiger partial charge < -0.3 is 21.6 Å². The maximum Gasteiger partial charge on any atom is 0.317 e. The quantitative estimate of drug-likeness (QED) is 0.517. The summed E-state index contributed by atoms with van der Waals surface area (Å²) in [6.45, 7) is 5.29. The highest BCUT2D eigenvalue weighted by Crippen LogP contribution is 2.37. The maximum absolute atomic E-state index is 11.8. The first-order valence-electron chi connectivity index (χ1n) is 9.36. The summed E-state index contributed by atoms with van der Waals surface area (Å²) in [4.78, 5) is 26.1. The van der Waals surface area contributed by atoms with Crippen LogP contribution in [0.15, 0.2) is 30.3 Å². The maximum atomic E-state index is 11.8. The fourth-order valence-corrected chi connectivity index (χ4v) is 4.53. The van der Waals surface area contributed by atoms with E-state index >= 15 is 0 Å². The van der Waals surface area contributed by atoms with Crippen molar-refractivity contribution in [2.24, 2.45) is 11.5 Å². The summed E-state index contributed by atoms with van der Waals surface area (Å²) in [7, 11) is 0. The van der Waals surface area contributed by atoms with Gasteiger partial charge in [-0.05, 0) is 13.0 Å². The number of anilines is 1. The molecule has 6 N–H and O–H groups in total. The number of benzene rings is 1. The van der Waals surface area contributed by atoms with E-state index in [0.29, 0.717) is 17.1 Å². The molecule has 3 rings (SSSR count). The van der Waals surface area contributed by atoms with Crippen molar-refractivity contribution in [1.82, 2.24) is 4.90 Å². The number of nitrogens with two attached hydrogens (primary N) is 2. The highest BCUT2D eigenvalue weighted by molar-refractivity contribution is 7.20. The molecule has 1 fully saturated rings. The molecule has 1 aromatic heterocycles. The molecule has 0 spiro atoms. The van der Waals surface area contributed by atoms with Crippen LogP contribution in [-0.2, 0) is 4.74 Å². The summed E-state index contributed by atoms with van der Waals surface area (Å²) in [5, 5.41) is 11.5. The highest BCUT2D eigenvalue weighted by atomic mass is 32.1. The van der Waals surface area contributed by atoms with E-state index < -0.39 is 11.9 Å². The van der Waals surface area contributed by atoms with Crippen LogP contribution in [-0.4, -0.2) is 54.9 Å². The first-order chi connectivity index (χ1) is 13.9. The SMILES string of the molecule is CC(CC(=N)c1ccccc1-c1cc(C(N)=O)c(NC(N)=O)s1)N1CCOCC1. The van der Waals surface area contributed by atoms with E-state index in [2.05, 4.69) is 17.1 Å². The van der Waals surface area contributed by atoms with Gasteiger partial charge in [0.05, 0.1) is 18.8 Å². The van der Waals surface area contributed by atoms with Gasteiger partial charge in [0.1, 0.15) is 5.00 Å². The van der Waals surface area contributed by atoms with Gasteiger partial charge in [0.2, 0.25) is 0 Å². The van der Waals surface area contributed by atoms with Gasteiger partial charge in [-0.1, -0.05) is 24.3 Å². The van der Waals surface area contributed by atoms with Gasteiger partial charge in [-0.25, -0.2) is 4.79 Å². The number of carbonyl (C=O) groups excluding carboxylic acids is 2. The Morgan fingerprint density at radius 1 is 1.24 bits per heavy atom. The second-order valence-corrected chi connectivity index (χ2v) is 7.98. The molecule has 0 radical (unpaired) electrons. The van der Waals surface area contributed by atoms with E-state index in [4.69, 9.17) is 21.6 Å². The first-order valence-corrected chi connectivity index (χ1v) is 10.2. The Kier molecular flexibility index (Phi) is 6.63. The zero-order chi connectivity index (χ0) is 21.0. The molecule has 1 aliphatic rings. The number of ether oxygens (including phenoxy) is 1. The van der Waals surface area contributed by atoms with Crippen molar-refractivity contribution < 1.29 is 14.3 Å². The van der Waals surface area contributed by atoms with Gasteiger partial charge in [0.15, 0.2) is 0 Å². The van der Waals surface area contributed by atoms with Crippen LogP contribution in [0.2, 0.25) is 0 Å². The fraction of sp³-hybridized carbons (Fsp3) is 0.350. The Labute approximate surface area is 173 Å². The highest BCUT2D eigenvalue weighted by Gasteiger charge is 2.22. The number of nitrogens with zero attached hydrogens (tertiary/aromatic N) is 1. The first kappa shape index (κ1) is 21.0. The third kappa shape index (κ3) is 5.00. The normalized spacial score (nSPS) is 15.6. The lowest BCUT2D eigenvalue weighted by Crippen LogP contribution is -2.43. The molecule has 1 saturated heterocycles. The fourth-order valence-electron chi connectivity index (χ4n) is 3.43. The molecule has 3 amide bonds. The van der Waals surface area contributed by atoms with E-state index in [1.54, 1.807) is 6.07 Å². The van der Waals surface area contributed by atoms with Crippen LogP contribution in [0, 0.1) is 5.41 Å². The summed E-state index contributed by atoms with van der Waals surface area (Å²) in [5.41, 5.74) is 13.0. The predicted molar refractivity (Wildman–Crippen MR) is 115 cm³/mol.